The Labute approximate surface area is 83.2 Å². The van der Waals surface area contributed by atoms with Crippen molar-refractivity contribution in [3.8, 4) is 0 Å². The molecule has 78 valence electrons. The topological polar surface area (TPSA) is 51.5 Å². The lowest BCUT2D eigenvalue weighted by atomic mass is 10.1. The van der Waals surface area contributed by atoms with Gasteiger partial charge in [0.15, 0.2) is 5.76 Å². The number of hydrogen-bond donors (Lipinski definition) is 1. The van der Waals surface area contributed by atoms with Crippen molar-refractivity contribution in [2.45, 2.75) is 19.4 Å². The Morgan fingerprint density at radius 2 is 2.36 bits per heavy atom. The maximum atomic E-state index is 11.5. The Morgan fingerprint density at radius 1 is 1.64 bits per heavy atom. The standard InChI is InChI=1S/C10H15NO3/c1-10(2,7-13-3)11-9(12)8-5-4-6-14-8/h4-6H,7H2,1-3H3,(H,11,12). The van der Waals surface area contributed by atoms with E-state index in [2.05, 4.69) is 5.32 Å². The number of carbonyl (C=O) groups excluding carboxylic acids is 1. The van der Waals surface area contributed by atoms with Crippen LogP contribution in [-0.4, -0.2) is 25.2 Å². The lowest BCUT2D eigenvalue weighted by Gasteiger charge is -2.24. The molecule has 0 saturated heterocycles. The van der Waals surface area contributed by atoms with Crippen LogP contribution in [0.3, 0.4) is 0 Å². The molecule has 1 aromatic heterocycles. The van der Waals surface area contributed by atoms with Crippen molar-refractivity contribution >= 4 is 5.91 Å². The van der Waals surface area contributed by atoms with Gasteiger partial charge in [-0.15, -0.1) is 0 Å². The van der Waals surface area contributed by atoms with Gasteiger partial charge >= 0.3 is 0 Å². The van der Waals surface area contributed by atoms with Crippen LogP contribution >= 0.6 is 0 Å². The van der Waals surface area contributed by atoms with Crippen molar-refractivity contribution in [1.82, 2.24) is 5.32 Å². The molecular formula is C10H15NO3. The zero-order valence-corrected chi connectivity index (χ0v) is 8.66. The zero-order chi connectivity index (χ0) is 10.6. The number of amides is 1. The molecule has 1 amide bonds. The molecule has 0 aliphatic carbocycles. The quantitative estimate of drug-likeness (QED) is 0.794. The lowest BCUT2D eigenvalue weighted by molar-refractivity contribution is 0.0794. The molecule has 0 bridgehead atoms. The summed E-state index contributed by atoms with van der Waals surface area (Å²) in [5, 5.41) is 2.80. The molecule has 4 heteroatoms. The maximum absolute atomic E-state index is 11.5. The summed E-state index contributed by atoms with van der Waals surface area (Å²) in [6.07, 6.45) is 1.47. The normalized spacial score (nSPS) is 11.4. The number of ether oxygens (including phenoxy) is 1. The summed E-state index contributed by atoms with van der Waals surface area (Å²) in [5.74, 6) is 0.0891. The van der Waals surface area contributed by atoms with Gasteiger partial charge in [-0.05, 0) is 26.0 Å². The van der Waals surface area contributed by atoms with Crippen LogP contribution in [0.1, 0.15) is 24.4 Å². The highest BCUT2D eigenvalue weighted by Crippen LogP contribution is 2.06. The lowest BCUT2D eigenvalue weighted by Crippen LogP contribution is -2.46. The number of carbonyl (C=O) groups is 1. The van der Waals surface area contributed by atoms with E-state index in [1.165, 1.54) is 6.26 Å². The van der Waals surface area contributed by atoms with Crippen LogP contribution in [0.15, 0.2) is 22.8 Å². The minimum Gasteiger partial charge on any atom is -0.459 e. The van der Waals surface area contributed by atoms with Crippen molar-refractivity contribution in [2.75, 3.05) is 13.7 Å². The molecular weight excluding hydrogens is 182 g/mol. The third kappa shape index (κ3) is 2.88. The van der Waals surface area contributed by atoms with Crippen LogP contribution in [0.2, 0.25) is 0 Å². The van der Waals surface area contributed by atoms with E-state index in [1.807, 2.05) is 13.8 Å². The number of nitrogens with one attached hydrogen (secondary N) is 1. The molecule has 0 atom stereocenters. The van der Waals surface area contributed by atoms with Gasteiger partial charge in [-0.3, -0.25) is 4.79 Å². The number of rotatable bonds is 4. The van der Waals surface area contributed by atoms with Crippen LogP contribution < -0.4 is 5.32 Å². The fourth-order valence-electron chi connectivity index (χ4n) is 1.17. The highest BCUT2D eigenvalue weighted by atomic mass is 16.5. The van der Waals surface area contributed by atoms with Crippen LogP contribution in [0.25, 0.3) is 0 Å². The van der Waals surface area contributed by atoms with Crippen LogP contribution in [0, 0.1) is 0 Å². The molecule has 0 saturated carbocycles. The van der Waals surface area contributed by atoms with E-state index in [4.69, 9.17) is 9.15 Å². The van der Waals surface area contributed by atoms with Crippen molar-refractivity contribution in [2.24, 2.45) is 0 Å². The van der Waals surface area contributed by atoms with Crippen LogP contribution in [0.5, 0.6) is 0 Å². The van der Waals surface area contributed by atoms with Crippen molar-refractivity contribution in [3.63, 3.8) is 0 Å². The highest BCUT2D eigenvalue weighted by Gasteiger charge is 2.21. The molecule has 0 aliphatic rings. The first-order valence-corrected chi connectivity index (χ1v) is 4.40. The van der Waals surface area contributed by atoms with Gasteiger partial charge < -0.3 is 14.5 Å². The van der Waals surface area contributed by atoms with Crippen LogP contribution in [0.4, 0.5) is 0 Å². The van der Waals surface area contributed by atoms with Gasteiger partial charge in [0.2, 0.25) is 0 Å². The van der Waals surface area contributed by atoms with E-state index < -0.39 is 5.54 Å². The van der Waals surface area contributed by atoms with Crippen molar-refractivity contribution in [1.29, 1.82) is 0 Å². The predicted octanol–water partition coefficient (Wildman–Crippen LogP) is 1.43. The van der Waals surface area contributed by atoms with Crippen molar-refractivity contribution < 1.29 is 13.9 Å². The van der Waals surface area contributed by atoms with E-state index >= 15 is 0 Å². The molecule has 0 radical (unpaired) electrons. The largest absolute Gasteiger partial charge is 0.459 e. The van der Waals surface area contributed by atoms with E-state index in [0.29, 0.717) is 12.4 Å². The van der Waals surface area contributed by atoms with Gasteiger partial charge in [-0.2, -0.15) is 0 Å². The highest BCUT2D eigenvalue weighted by molar-refractivity contribution is 5.91. The Morgan fingerprint density at radius 3 is 2.86 bits per heavy atom. The van der Waals surface area contributed by atoms with E-state index in [1.54, 1.807) is 19.2 Å². The Balaban J connectivity index is 2.57. The van der Waals surface area contributed by atoms with E-state index in [9.17, 15) is 4.79 Å². The molecule has 0 aromatic carbocycles. The van der Waals surface area contributed by atoms with Gasteiger partial charge in [0.25, 0.3) is 5.91 Å². The molecule has 0 aliphatic heterocycles. The summed E-state index contributed by atoms with van der Waals surface area (Å²) in [6, 6.07) is 3.30. The predicted molar refractivity (Wildman–Crippen MR) is 52.1 cm³/mol. The third-order valence-electron chi connectivity index (χ3n) is 1.70. The van der Waals surface area contributed by atoms with Crippen molar-refractivity contribution in [3.05, 3.63) is 24.2 Å². The molecule has 0 spiro atoms. The first-order valence-electron chi connectivity index (χ1n) is 4.40. The summed E-state index contributed by atoms with van der Waals surface area (Å²) in [6.45, 7) is 4.23. The minimum atomic E-state index is -0.390. The van der Waals surface area contributed by atoms with Gasteiger partial charge in [0, 0.05) is 7.11 Å². The first kappa shape index (κ1) is 10.8. The SMILES string of the molecule is COCC(C)(C)NC(=O)c1ccco1. The fourth-order valence-corrected chi connectivity index (χ4v) is 1.17. The molecule has 1 aromatic rings. The molecule has 1 heterocycles. The molecule has 14 heavy (non-hydrogen) atoms. The molecule has 0 fully saturated rings. The van der Waals surface area contributed by atoms with Gasteiger partial charge in [-0.1, -0.05) is 0 Å². The Bertz CT molecular complexity index is 290. The summed E-state index contributed by atoms with van der Waals surface area (Å²) in [5.41, 5.74) is -0.390. The average Bonchev–Trinajstić information content (AvgIpc) is 2.53. The number of methoxy groups -OCH3 is 1. The summed E-state index contributed by atoms with van der Waals surface area (Å²) in [4.78, 5) is 11.5. The minimum absolute atomic E-state index is 0.225. The Hall–Kier alpha value is -1.29. The number of furan rings is 1. The van der Waals surface area contributed by atoms with Gasteiger partial charge in [-0.25, -0.2) is 0 Å². The first-order chi connectivity index (χ1) is 6.55. The summed E-state index contributed by atoms with van der Waals surface area (Å²) >= 11 is 0. The van der Waals surface area contributed by atoms with E-state index in [-0.39, 0.29) is 5.91 Å². The second-order valence-electron chi connectivity index (χ2n) is 3.75. The molecule has 0 unspecified atom stereocenters. The number of hydrogen-bond acceptors (Lipinski definition) is 3. The summed E-state index contributed by atoms with van der Waals surface area (Å²) < 4.78 is 9.95. The second-order valence-corrected chi connectivity index (χ2v) is 3.75. The molecule has 1 rings (SSSR count). The monoisotopic (exact) mass is 197 g/mol. The molecule has 1 N–H and O–H groups in total. The summed E-state index contributed by atoms with van der Waals surface area (Å²) in [7, 11) is 1.60. The van der Waals surface area contributed by atoms with Gasteiger partial charge in [0.05, 0.1) is 18.4 Å². The Kier molecular flexibility index (Phi) is 3.30. The maximum Gasteiger partial charge on any atom is 0.287 e. The van der Waals surface area contributed by atoms with Crippen LogP contribution in [-0.2, 0) is 4.74 Å². The second kappa shape index (κ2) is 4.28. The van der Waals surface area contributed by atoms with Gasteiger partial charge in [0.1, 0.15) is 0 Å². The smallest absolute Gasteiger partial charge is 0.287 e. The zero-order valence-electron chi connectivity index (χ0n) is 8.66. The van der Waals surface area contributed by atoms with E-state index in [0.717, 1.165) is 0 Å². The molecule has 4 nitrogen and oxygen atoms in total. The average molecular weight is 197 g/mol. The third-order valence-corrected chi connectivity index (χ3v) is 1.70. The fraction of sp³-hybridized carbons (Fsp3) is 0.500.